The zero-order chi connectivity index (χ0) is 27.6. The Hall–Kier alpha value is -2.78. The van der Waals surface area contributed by atoms with Gasteiger partial charge in [-0.1, -0.05) is 18.7 Å². The van der Waals surface area contributed by atoms with E-state index in [0.29, 0.717) is 55.1 Å². The molecule has 3 heterocycles. The number of rotatable bonds is 6. The highest BCUT2D eigenvalue weighted by Crippen LogP contribution is 2.40. The molecule has 4 aliphatic rings. The lowest BCUT2D eigenvalue weighted by Crippen LogP contribution is -2.44. The predicted molar refractivity (Wildman–Crippen MR) is 140 cm³/mol. The molecule has 5 rings (SSSR count). The van der Waals surface area contributed by atoms with Gasteiger partial charge in [0.2, 0.25) is 0 Å². The monoisotopic (exact) mass is 547 g/mol. The quantitative estimate of drug-likeness (QED) is 0.459. The maximum absolute atomic E-state index is 14.2. The van der Waals surface area contributed by atoms with E-state index in [0.717, 1.165) is 57.0 Å². The van der Waals surface area contributed by atoms with E-state index in [-0.39, 0.29) is 17.9 Å². The second-order valence-electron chi connectivity index (χ2n) is 11.1. The number of fused-ring (bicyclic) bond motifs is 1. The van der Waals surface area contributed by atoms with Crippen LogP contribution in [0.1, 0.15) is 62.8 Å². The zero-order valence-electron chi connectivity index (χ0n) is 22.1. The van der Waals surface area contributed by atoms with Gasteiger partial charge in [-0.2, -0.15) is 13.2 Å². The van der Waals surface area contributed by atoms with E-state index < -0.39 is 23.8 Å². The number of halogens is 3. The van der Waals surface area contributed by atoms with Crippen molar-refractivity contribution >= 4 is 5.97 Å². The smallest absolute Gasteiger partial charge is 0.416 e. The molecule has 0 radical (unpaired) electrons. The fourth-order valence-electron chi connectivity index (χ4n) is 6.24. The fourth-order valence-corrected chi connectivity index (χ4v) is 6.24. The van der Waals surface area contributed by atoms with Gasteiger partial charge in [-0.25, -0.2) is 0 Å². The number of hydrogen-bond acceptors (Lipinski definition) is 5. The highest BCUT2D eigenvalue weighted by Gasteiger charge is 2.40. The number of ether oxygens (including phenoxy) is 3. The molecule has 1 aromatic rings. The molecule has 2 saturated heterocycles. The molecule has 0 saturated carbocycles. The minimum absolute atomic E-state index is 0.0135. The summed E-state index contributed by atoms with van der Waals surface area (Å²) in [6.45, 7) is 6.89. The molecule has 1 spiro atoms. The summed E-state index contributed by atoms with van der Waals surface area (Å²) in [4.78, 5) is 13.2. The summed E-state index contributed by atoms with van der Waals surface area (Å²) in [6, 6.07) is 5.29. The summed E-state index contributed by atoms with van der Waals surface area (Å²) >= 11 is 0. The average molecular weight is 548 g/mol. The first kappa shape index (κ1) is 27.8. The predicted octanol–water partition coefficient (Wildman–Crippen LogP) is 6.18. The Balaban J connectivity index is 1.26. The number of alkyl halides is 3. The summed E-state index contributed by atoms with van der Waals surface area (Å²) in [5.74, 6) is 0.00109. The summed E-state index contributed by atoms with van der Waals surface area (Å²) in [5.41, 5.74) is 1.05. The van der Waals surface area contributed by atoms with E-state index in [1.54, 1.807) is 18.2 Å². The SMILES string of the molecule is C=C1/C=C\C(C(F)(F)F)=C(\CN2CCC3(CCCO3)CC2)CCC[C@H]1Oc1ccc2c(c1)OC[C@H]2CC(=O)O. The summed E-state index contributed by atoms with van der Waals surface area (Å²) in [6.07, 6.45) is 2.86. The Morgan fingerprint density at radius 1 is 1.18 bits per heavy atom. The van der Waals surface area contributed by atoms with E-state index in [4.69, 9.17) is 19.3 Å². The van der Waals surface area contributed by atoms with Crippen LogP contribution < -0.4 is 9.47 Å². The number of carboxylic acid groups (broad SMARTS) is 1. The van der Waals surface area contributed by atoms with Crippen LogP contribution in [0.4, 0.5) is 13.2 Å². The Labute approximate surface area is 227 Å². The van der Waals surface area contributed by atoms with E-state index >= 15 is 0 Å². The van der Waals surface area contributed by atoms with Gasteiger partial charge in [0.15, 0.2) is 0 Å². The number of nitrogens with zero attached hydrogens (tertiary/aromatic N) is 1. The van der Waals surface area contributed by atoms with E-state index in [1.165, 1.54) is 6.08 Å². The van der Waals surface area contributed by atoms with Gasteiger partial charge in [-0.05, 0) is 68.2 Å². The number of likely N-dealkylation sites (tertiary alicyclic amines) is 1. The molecule has 0 bridgehead atoms. The first-order valence-corrected chi connectivity index (χ1v) is 13.8. The van der Waals surface area contributed by atoms with Crippen LogP contribution in [-0.4, -0.2) is 66.7 Å². The highest BCUT2D eigenvalue weighted by atomic mass is 19.4. The minimum Gasteiger partial charge on any atom is -0.492 e. The summed E-state index contributed by atoms with van der Waals surface area (Å²) in [7, 11) is 0. The topological polar surface area (TPSA) is 68.2 Å². The Morgan fingerprint density at radius 3 is 2.67 bits per heavy atom. The Kier molecular flexibility index (Phi) is 8.10. The van der Waals surface area contributed by atoms with Gasteiger partial charge in [0, 0.05) is 43.8 Å². The lowest BCUT2D eigenvalue weighted by Gasteiger charge is -2.39. The summed E-state index contributed by atoms with van der Waals surface area (Å²) < 4.78 is 60.4. The minimum atomic E-state index is -4.46. The van der Waals surface area contributed by atoms with Crippen LogP contribution in [0.25, 0.3) is 0 Å². The maximum Gasteiger partial charge on any atom is 0.416 e. The van der Waals surface area contributed by atoms with Gasteiger partial charge in [0.25, 0.3) is 0 Å². The van der Waals surface area contributed by atoms with Crippen molar-refractivity contribution in [1.82, 2.24) is 4.90 Å². The van der Waals surface area contributed by atoms with Crippen molar-refractivity contribution in [2.45, 2.75) is 75.2 Å². The fraction of sp³-hybridized carbons (Fsp3) is 0.567. The molecule has 1 N–H and O–H groups in total. The van der Waals surface area contributed by atoms with Gasteiger partial charge < -0.3 is 19.3 Å². The number of carbonyl (C=O) groups is 1. The van der Waals surface area contributed by atoms with E-state index in [2.05, 4.69) is 11.5 Å². The second-order valence-corrected chi connectivity index (χ2v) is 11.1. The van der Waals surface area contributed by atoms with Crippen molar-refractivity contribution < 1.29 is 37.3 Å². The Morgan fingerprint density at radius 2 is 1.97 bits per heavy atom. The van der Waals surface area contributed by atoms with Crippen molar-refractivity contribution in [3.63, 3.8) is 0 Å². The molecule has 9 heteroatoms. The number of hydrogen-bond donors (Lipinski definition) is 1. The first-order chi connectivity index (χ1) is 18.6. The maximum atomic E-state index is 14.2. The third kappa shape index (κ3) is 6.52. The van der Waals surface area contributed by atoms with Gasteiger partial charge in [0.1, 0.15) is 17.6 Å². The third-order valence-electron chi connectivity index (χ3n) is 8.44. The summed E-state index contributed by atoms with van der Waals surface area (Å²) in [5, 5.41) is 9.12. The number of aliphatic carboxylic acids is 1. The van der Waals surface area contributed by atoms with Crippen LogP contribution in [0.5, 0.6) is 11.5 Å². The molecule has 212 valence electrons. The molecule has 39 heavy (non-hydrogen) atoms. The van der Waals surface area contributed by atoms with E-state index in [9.17, 15) is 18.0 Å². The number of piperidine rings is 1. The lowest BCUT2D eigenvalue weighted by atomic mass is 9.88. The van der Waals surface area contributed by atoms with Crippen molar-refractivity contribution in [2.75, 3.05) is 32.8 Å². The second kappa shape index (κ2) is 11.4. The van der Waals surface area contributed by atoms with Gasteiger partial charge in [-0.3, -0.25) is 9.69 Å². The Bertz CT molecular complexity index is 1140. The normalized spacial score (nSPS) is 28.3. The third-order valence-corrected chi connectivity index (χ3v) is 8.44. The van der Waals surface area contributed by atoms with E-state index in [1.807, 2.05) is 0 Å². The lowest BCUT2D eigenvalue weighted by molar-refractivity contribution is -0.137. The highest BCUT2D eigenvalue weighted by molar-refractivity contribution is 5.68. The van der Waals surface area contributed by atoms with Crippen LogP contribution in [0.15, 0.2) is 53.6 Å². The van der Waals surface area contributed by atoms with Gasteiger partial charge in [0.05, 0.1) is 24.2 Å². The molecule has 0 amide bonds. The molecule has 6 nitrogen and oxygen atoms in total. The van der Waals surface area contributed by atoms with Crippen LogP contribution in [0, 0.1) is 0 Å². The molecule has 2 atom stereocenters. The van der Waals surface area contributed by atoms with Crippen LogP contribution in [0.2, 0.25) is 0 Å². The van der Waals surface area contributed by atoms with Crippen molar-refractivity contribution in [3.05, 3.63) is 59.2 Å². The number of benzene rings is 1. The van der Waals surface area contributed by atoms with Crippen molar-refractivity contribution in [3.8, 4) is 11.5 Å². The van der Waals surface area contributed by atoms with Crippen molar-refractivity contribution in [1.29, 1.82) is 0 Å². The average Bonchev–Trinajstić information content (AvgIpc) is 3.51. The van der Waals surface area contributed by atoms with Gasteiger partial charge >= 0.3 is 12.1 Å². The van der Waals surface area contributed by atoms with Crippen molar-refractivity contribution in [2.24, 2.45) is 0 Å². The number of allylic oxidation sites excluding steroid dienone is 2. The van der Waals surface area contributed by atoms with Gasteiger partial charge in [-0.15, -0.1) is 0 Å². The standard InChI is InChI=1S/C30H36F3NO5/c1-20-6-9-25(30(31,32)33)21(18-34-13-11-29(12-14-34)10-3-15-38-29)4-2-5-26(20)39-23-7-8-24-22(16-28(35)36)19-37-27(24)17-23/h6-9,17,22,26H,1-5,10-16,18-19H2,(H,35,36)/b9-6-,25-21-/t22-,26-/m1/s1. The van der Waals surface area contributed by atoms with Crippen LogP contribution in [0.3, 0.4) is 0 Å². The zero-order valence-corrected chi connectivity index (χ0v) is 22.1. The molecule has 1 aromatic carbocycles. The molecular weight excluding hydrogens is 511 g/mol. The van der Waals surface area contributed by atoms with Crippen LogP contribution in [-0.2, 0) is 9.53 Å². The molecule has 0 unspecified atom stereocenters. The first-order valence-electron chi connectivity index (χ1n) is 13.8. The molecule has 0 aromatic heterocycles. The number of carboxylic acids is 1. The molecule has 3 aliphatic heterocycles. The van der Waals surface area contributed by atoms with Crippen LogP contribution >= 0.6 is 0 Å². The molecule has 2 fully saturated rings. The molecule has 1 aliphatic carbocycles. The molecular formula is C30H36F3NO5. The largest absolute Gasteiger partial charge is 0.492 e.